The van der Waals surface area contributed by atoms with Crippen LogP contribution in [0.25, 0.3) is 21.3 Å². The van der Waals surface area contributed by atoms with Gasteiger partial charge in [0.2, 0.25) is 5.91 Å². The lowest BCUT2D eigenvalue weighted by Crippen LogP contribution is -2.16. The van der Waals surface area contributed by atoms with Crippen molar-refractivity contribution in [3.8, 4) is 11.1 Å². The highest BCUT2D eigenvalue weighted by Gasteiger charge is 2.24. The Morgan fingerprint density at radius 2 is 1.94 bits per heavy atom. The Morgan fingerprint density at radius 1 is 1.17 bits per heavy atom. The number of thioether (sulfide) groups is 1. The van der Waals surface area contributed by atoms with E-state index in [2.05, 4.69) is 15.3 Å². The van der Waals surface area contributed by atoms with Crippen LogP contribution in [0.5, 0.6) is 0 Å². The Hall–Kier alpha value is -2.82. The molecular weight excluding hydrogens is 518 g/mol. The van der Waals surface area contributed by atoms with Gasteiger partial charge < -0.3 is 10.1 Å². The van der Waals surface area contributed by atoms with Crippen molar-refractivity contribution in [3.63, 3.8) is 0 Å². The van der Waals surface area contributed by atoms with Crippen LogP contribution in [0.1, 0.15) is 46.4 Å². The third-order valence-corrected chi connectivity index (χ3v) is 8.97. The average Bonchev–Trinajstić information content (AvgIpc) is 3.44. The van der Waals surface area contributed by atoms with E-state index in [-0.39, 0.29) is 29.6 Å². The van der Waals surface area contributed by atoms with Crippen LogP contribution in [0.2, 0.25) is 0 Å². The van der Waals surface area contributed by atoms with Gasteiger partial charge in [-0.15, -0.1) is 22.7 Å². The second-order valence-electron chi connectivity index (χ2n) is 8.38. The van der Waals surface area contributed by atoms with Gasteiger partial charge >= 0.3 is 5.97 Å². The minimum absolute atomic E-state index is 0.141. The van der Waals surface area contributed by atoms with Gasteiger partial charge in [-0.05, 0) is 62.8 Å². The number of aryl methyl sites for hydroxylation is 3. The highest BCUT2D eigenvalue weighted by Crippen LogP contribution is 2.40. The molecule has 1 aromatic carbocycles. The maximum atomic E-state index is 13.4. The summed E-state index contributed by atoms with van der Waals surface area (Å²) in [5.74, 6) is -0.304. The van der Waals surface area contributed by atoms with E-state index in [1.165, 1.54) is 52.1 Å². The number of halogens is 1. The van der Waals surface area contributed by atoms with Crippen LogP contribution in [0.4, 0.5) is 9.39 Å². The molecule has 0 unspecified atom stereocenters. The van der Waals surface area contributed by atoms with Crippen molar-refractivity contribution < 1.29 is 18.7 Å². The van der Waals surface area contributed by atoms with Crippen molar-refractivity contribution in [2.75, 3.05) is 17.7 Å². The normalized spacial score (nSPS) is 13.0. The van der Waals surface area contributed by atoms with Gasteiger partial charge in [-0.3, -0.25) is 4.79 Å². The second kappa shape index (κ2) is 10.7. The minimum Gasteiger partial charge on any atom is -0.462 e. The smallest absolute Gasteiger partial charge is 0.341 e. The summed E-state index contributed by atoms with van der Waals surface area (Å²) >= 11 is 4.37. The zero-order valence-electron chi connectivity index (χ0n) is 19.9. The molecule has 0 saturated carbocycles. The van der Waals surface area contributed by atoms with Gasteiger partial charge in [-0.25, -0.2) is 19.2 Å². The molecule has 0 fully saturated rings. The Morgan fingerprint density at radius 3 is 2.72 bits per heavy atom. The van der Waals surface area contributed by atoms with Gasteiger partial charge in [0.1, 0.15) is 32.1 Å². The Labute approximate surface area is 220 Å². The lowest BCUT2D eigenvalue weighted by molar-refractivity contribution is -0.113. The summed E-state index contributed by atoms with van der Waals surface area (Å²) in [4.78, 5) is 37.4. The van der Waals surface area contributed by atoms with Crippen LogP contribution in [0, 0.1) is 12.7 Å². The molecule has 3 heterocycles. The Bertz CT molecular complexity index is 1450. The fourth-order valence-electron chi connectivity index (χ4n) is 4.32. The quantitative estimate of drug-likeness (QED) is 0.160. The molecule has 0 atom stereocenters. The van der Waals surface area contributed by atoms with E-state index >= 15 is 0 Å². The molecule has 0 spiro atoms. The SMILES string of the molecule is CCOC(=O)c1c(-c2ccc(F)cc2)csc1NC(=O)CSc1nc(C)nc2sc3c(c12)CCCC3. The average molecular weight is 542 g/mol. The van der Waals surface area contributed by atoms with E-state index in [1.807, 2.05) is 6.92 Å². The fourth-order valence-corrected chi connectivity index (χ4v) is 7.57. The molecule has 186 valence electrons. The summed E-state index contributed by atoms with van der Waals surface area (Å²) in [6, 6.07) is 5.88. The summed E-state index contributed by atoms with van der Waals surface area (Å²) in [5.41, 5.74) is 2.88. The third kappa shape index (κ3) is 5.02. The first-order valence-electron chi connectivity index (χ1n) is 11.7. The van der Waals surface area contributed by atoms with Crippen molar-refractivity contribution in [1.82, 2.24) is 9.97 Å². The maximum absolute atomic E-state index is 13.4. The number of ether oxygens (including phenoxy) is 1. The summed E-state index contributed by atoms with van der Waals surface area (Å²) in [6.07, 6.45) is 4.44. The predicted molar refractivity (Wildman–Crippen MR) is 144 cm³/mol. The van der Waals surface area contributed by atoms with Crippen LogP contribution < -0.4 is 5.32 Å². The van der Waals surface area contributed by atoms with Crippen LogP contribution in [-0.2, 0) is 22.4 Å². The predicted octanol–water partition coefficient (Wildman–Crippen LogP) is 6.65. The van der Waals surface area contributed by atoms with Gasteiger partial charge in [-0.2, -0.15) is 0 Å². The Balaban J connectivity index is 1.38. The maximum Gasteiger partial charge on any atom is 0.341 e. The number of aromatic nitrogens is 2. The number of hydrogen-bond donors (Lipinski definition) is 1. The summed E-state index contributed by atoms with van der Waals surface area (Å²) in [7, 11) is 0. The van der Waals surface area contributed by atoms with Gasteiger partial charge in [-0.1, -0.05) is 23.9 Å². The van der Waals surface area contributed by atoms with Crippen LogP contribution in [0.3, 0.4) is 0 Å². The van der Waals surface area contributed by atoms with E-state index < -0.39 is 5.97 Å². The molecule has 1 aliphatic carbocycles. The first kappa shape index (κ1) is 24.9. The number of fused-ring (bicyclic) bond motifs is 3. The van der Waals surface area contributed by atoms with Crippen molar-refractivity contribution in [2.45, 2.75) is 44.6 Å². The molecule has 3 aromatic heterocycles. The molecule has 5 rings (SSSR count). The van der Waals surface area contributed by atoms with Gasteiger partial charge in [0.25, 0.3) is 0 Å². The highest BCUT2D eigenvalue weighted by atomic mass is 32.2. The number of rotatable bonds is 7. The van der Waals surface area contributed by atoms with Crippen molar-refractivity contribution in [3.05, 3.63) is 57.3 Å². The largest absolute Gasteiger partial charge is 0.462 e. The second-order valence-corrected chi connectivity index (χ2v) is 11.3. The Kier molecular flexibility index (Phi) is 7.36. The standard InChI is InChI=1S/C26H24FN3O3S3/c1-3-33-26(32)22-18(15-8-10-16(27)11-9-15)12-34-24(22)30-20(31)13-35-23-21-17-6-4-5-7-19(17)36-25(21)29-14(2)28-23/h8-12H,3-7,13H2,1-2H3,(H,30,31). The molecule has 1 aliphatic rings. The van der Waals surface area contributed by atoms with Crippen LogP contribution in [0.15, 0.2) is 34.7 Å². The zero-order chi connectivity index (χ0) is 25.2. The number of nitrogens with zero attached hydrogens (tertiary/aromatic N) is 2. The van der Waals surface area contributed by atoms with Gasteiger partial charge in [0.15, 0.2) is 0 Å². The molecule has 1 amide bonds. The number of esters is 1. The summed E-state index contributed by atoms with van der Waals surface area (Å²) in [5, 5.41) is 6.98. The highest BCUT2D eigenvalue weighted by molar-refractivity contribution is 8.00. The van der Waals surface area contributed by atoms with Crippen LogP contribution >= 0.6 is 34.4 Å². The number of thiophene rings is 2. The first-order valence-corrected chi connectivity index (χ1v) is 14.4. The summed E-state index contributed by atoms with van der Waals surface area (Å²) in [6.45, 7) is 3.80. The lowest BCUT2D eigenvalue weighted by Gasteiger charge is -2.12. The first-order chi connectivity index (χ1) is 17.4. The van der Waals surface area contributed by atoms with E-state index in [0.29, 0.717) is 22.0 Å². The molecule has 0 aliphatic heterocycles. The van der Waals surface area contributed by atoms with Crippen molar-refractivity contribution in [1.29, 1.82) is 0 Å². The molecule has 10 heteroatoms. The number of anilines is 1. The number of nitrogens with one attached hydrogen (secondary N) is 1. The third-order valence-electron chi connectivity index (χ3n) is 5.91. The van der Waals surface area contributed by atoms with Crippen molar-refractivity contribution in [2.24, 2.45) is 0 Å². The molecule has 0 radical (unpaired) electrons. The molecule has 1 N–H and O–H groups in total. The topological polar surface area (TPSA) is 81.2 Å². The number of carbonyl (C=O) groups is 2. The fraction of sp³-hybridized carbons (Fsp3) is 0.308. The molecule has 0 bridgehead atoms. The molecular formula is C26H24FN3O3S3. The minimum atomic E-state index is -0.529. The monoisotopic (exact) mass is 541 g/mol. The molecule has 0 saturated heterocycles. The number of carbonyl (C=O) groups excluding carboxylic acids is 2. The van der Waals surface area contributed by atoms with Gasteiger partial charge in [0.05, 0.1) is 12.4 Å². The number of amides is 1. The van der Waals surface area contributed by atoms with E-state index in [9.17, 15) is 14.0 Å². The van der Waals surface area contributed by atoms with E-state index in [1.54, 1.807) is 35.8 Å². The molecule has 6 nitrogen and oxygen atoms in total. The summed E-state index contributed by atoms with van der Waals surface area (Å²) < 4.78 is 18.7. The number of benzene rings is 1. The van der Waals surface area contributed by atoms with E-state index in [4.69, 9.17) is 4.74 Å². The van der Waals surface area contributed by atoms with E-state index in [0.717, 1.165) is 34.5 Å². The van der Waals surface area contributed by atoms with Gasteiger partial charge in [0, 0.05) is 21.2 Å². The zero-order valence-corrected chi connectivity index (χ0v) is 22.3. The lowest BCUT2D eigenvalue weighted by atomic mass is 9.97. The molecule has 4 aromatic rings. The molecule has 36 heavy (non-hydrogen) atoms. The van der Waals surface area contributed by atoms with Crippen molar-refractivity contribution >= 4 is 61.5 Å². The van der Waals surface area contributed by atoms with Crippen LogP contribution in [-0.4, -0.2) is 34.2 Å². The number of hydrogen-bond acceptors (Lipinski definition) is 8.